The van der Waals surface area contributed by atoms with E-state index in [2.05, 4.69) is 25.6 Å². The molecule has 4 aromatic rings. The van der Waals surface area contributed by atoms with Gasteiger partial charge in [-0.15, -0.1) is 11.3 Å². The highest BCUT2D eigenvalue weighted by molar-refractivity contribution is 7.15. The molecule has 0 aliphatic rings. The second-order valence-corrected chi connectivity index (χ2v) is 8.13. The first-order chi connectivity index (χ1) is 15.5. The predicted molar refractivity (Wildman–Crippen MR) is 123 cm³/mol. The molecule has 3 heterocycles. The average molecular weight is 448 g/mol. The van der Waals surface area contributed by atoms with Crippen molar-refractivity contribution < 1.29 is 15.0 Å². The molecule has 0 aliphatic heterocycles. The molecule has 0 saturated heterocycles. The lowest BCUT2D eigenvalue weighted by molar-refractivity contribution is 0.0916. The maximum absolute atomic E-state index is 12.5. The third-order valence-electron chi connectivity index (χ3n) is 4.61. The Morgan fingerprint density at radius 3 is 2.66 bits per heavy atom. The summed E-state index contributed by atoms with van der Waals surface area (Å²) in [5.74, 6) is 1.06. The fourth-order valence-electron chi connectivity index (χ4n) is 2.98. The average Bonchev–Trinajstić information content (AvgIpc) is 3.28. The Balaban J connectivity index is 1.49. The number of amides is 1. The van der Waals surface area contributed by atoms with Gasteiger partial charge in [0.05, 0.1) is 17.2 Å². The number of hydrogen-bond donors (Lipinski definition) is 4. The van der Waals surface area contributed by atoms with Gasteiger partial charge in [0.25, 0.3) is 5.91 Å². The van der Waals surface area contributed by atoms with E-state index in [0.717, 1.165) is 10.4 Å². The van der Waals surface area contributed by atoms with Crippen LogP contribution in [0.5, 0.6) is 5.75 Å². The molecule has 3 aromatic heterocycles. The van der Waals surface area contributed by atoms with Crippen molar-refractivity contribution in [2.75, 3.05) is 11.9 Å². The Morgan fingerprint density at radius 2 is 1.91 bits per heavy atom. The lowest BCUT2D eigenvalue weighted by Gasteiger charge is -2.13. The Morgan fingerprint density at radius 1 is 1.09 bits per heavy atom. The summed E-state index contributed by atoms with van der Waals surface area (Å²) in [5, 5.41) is 25.7. The van der Waals surface area contributed by atoms with Gasteiger partial charge in [-0.2, -0.15) is 0 Å². The molecule has 8 nitrogen and oxygen atoms in total. The first-order valence-electron chi connectivity index (χ1n) is 9.85. The summed E-state index contributed by atoms with van der Waals surface area (Å²) >= 11 is 1.34. The molecular weight excluding hydrogens is 426 g/mol. The zero-order valence-corrected chi connectivity index (χ0v) is 18.0. The number of carbonyl (C=O) groups excluding carboxylic acids is 1. The van der Waals surface area contributed by atoms with Gasteiger partial charge < -0.3 is 20.8 Å². The van der Waals surface area contributed by atoms with Crippen LogP contribution in [0.15, 0.2) is 67.0 Å². The lowest BCUT2D eigenvalue weighted by Crippen LogP contribution is -2.30. The molecule has 4 rings (SSSR count). The molecule has 1 aromatic carbocycles. The summed E-state index contributed by atoms with van der Waals surface area (Å²) < 4.78 is 0. The van der Waals surface area contributed by atoms with Crippen molar-refractivity contribution in [3.05, 3.63) is 83.1 Å². The largest absolute Gasteiger partial charge is 0.508 e. The summed E-state index contributed by atoms with van der Waals surface area (Å²) in [6, 6.07) is 14.7. The number of phenolic OH excluding ortho intramolecular Hbond substituents is 1. The van der Waals surface area contributed by atoms with E-state index in [1.807, 2.05) is 37.3 Å². The van der Waals surface area contributed by atoms with Gasteiger partial charge in [0, 0.05) is 18.0 Å². The molecule has 0 fully saturated rings. The maximum atomic E-state index is 12.5. The fourth-order valence-corrected chi connectivity index (χ4v) is 3.91. The number of aryl methyl sites for hydroxylation is 1. The highest BCUT2D eigenvalue weighted by Crippen LogP contribution is 2.29. The molecule has 0 unspecified atom stereocenters. The summed E-state index contributed by atoms with van der Waals surface area (Å²) in [5.41, 5.74) is 2.19. The van der Waals surface area contributed by atoms with Gasteiger partial charge >= 0.3 is 0 Å². The molecule has 4 N–H and O–H groups in total. The van der Waals surface area contributed by atoms with Crippen LogP contribution in [-0.2, 0) is 0 Å². The van der Waals surface area contributed by atoms with E-state index in [-0.39, 0.29) is 18.3 Å². The van der Waals surface area contributed by atoms with Crippen molar-refractivity contribution in [2.45, 2.75) is 13.0 Å². The van der Waals surface area contributed by atoms with Crippen LogP contribution < -0.4 is 10.6 Å². The molecule has 0 aliphatic carbocycles. The molecule has 0 spiro atoms. The lowest BCUT2D eigenvalue weighted by atomic mass is 10.2. The first-order valence-corrected chi connectivity index (χ1v) is 10.7. The SMILES string of the molecule is Cc1ccnc(Nc2cccc(-c3cnc([C@H](CO)NC(=O)c4ccc(O)cc4)s3)n2)c1. The van der Waals surface area contributed by atoms with Crippen molar-refractivity contribution in [2.24, 2.45) is 0 Å². The number of nitrogens with one attached hydrogen (secondary N) is 2. The number of pyridine rings is 2. The predicted octanol–water partition coefficient (Wildman–Crippen LogP) is 3.82. The molecule has 32 heavy (non-hydrogen) atoms. The summed E-state index contributed by atoms with van der Waals surface area (Å²) in [4.78, 5) is 26.6. The van der Waals surface area contributed by atoms with Crippen molar-refractivity contribution in [1.29, 1.82) is 0 Å². The number of aliphatic hydroxyl groups is 1. The summed E-state index contributed by atoms with van der Waals surface area (Å²) in [6.45, 7) is 1.69. The zero-order valence-electron chi connectivity index (χ0n) is 17.2. The number of benzene rings is 1. The van der Waals surface area contributed by atoms with Crippen LogP contribution in [0.2, 0.25) is 0 Å². The van der Waals surface area contributed by atoms with E-state index in [1.165, 1.54) is 35.6 Å². The Labute approximate surface area is 188 Å². The van der Waals surface area contributed by atoms with Gasteiger partial charge in [0.1, 0.15) is 28.4 Å². The van der Waals surface area contributed by atoms with Crippen LogP contribution in [0.25, 0.3) is 10.6 Å². The number of carbonyl (C=O) groups is 1. The standard InChI is InChI=1S/C23H21N5O3S/c1-14-9-10-24-21(11-14)28-20-4-2-3-17(26-20)19-12-25-23(32-19)18(13-29)27-22(31)15-5-7-16(30)8-6-15/h2-12,18,29-30H,13H2,1H3,(H,27,31)(H,24,26,28)/t18-/m0/s1. The highest BCUT2D eigenvalue weighted by atomic mass is 32.1. The number of rotatable bonds is 7. The molecule has 9 heteroatoms. The Bertz CT molecular complexity index is 1230. The van der Waals surface area contributed by atoms with Gasteiger partial charge in [0.15, 0.2) is 0 Å². The van der Waals surface area contributed by atoms with Crippen molar-refractivity contribution in [1.82, 2.24) is 20.3 Å². The number of aliphatic hydroxyl groups excluding tert-OH is 1. The second-order valence-electron chi connectivity index (χ2n) is 7.07. The maximum Gasteiger partial charge on any atom is 0.251 e. The van der Waals surface area contributed by atoms with Gasteiger partial charge in [-0.3, -0.25) is 4.79 Å². The van der Waals surface area contributed by atoms with Crippen LogP contribution >= 0.6 is 11.3 Å². The second kappa shape index (κ2) is 9.54. The monoisotopic (exact) mass is 447 g/mol. The summed E-state index contributed by atoms with van der Waals surface area (Å²) in [6.07, 6.45) is 3.41. The smallest absolute Gasteiger partial charge is 0.251 e. The van der Waals surface area contributed by atoms with Crippen LogP contribution in [0.1, 0.15) is 27.0 Å². The fraction of sp³-hybridized carbons (Fsp3) is 0.130. The summed E-state index contributed by atoms with van der Waals surface area (Å²) in [7, 11) is 0. The third kappa shape index (κ3) is 5.08. The number of phenols is 1. The van der Waals surface area contributed by atoms with Crippen LogP contribution in [0.4, 0.5) is 11.6 Å². The van der Waals surface area contributed by atoms with E-state index < -0.39 is 6.04 Å². The molecule has 162 valence electrons. The zero-order chi connectivity index (χ0) is 22.5. The highest BCUT2D eigenvalue weighted by Gasteiger charge is 2.19. The van der Waals surface area contributed by atoms with Crippen molar-refractivity contribution in [3.8, 4) is 16.3 Å². The molecule has 1 atom stereocenters. The third-order valence-corrected chi connectivity index (χ3v) is 5.75. The van der Waals surface area contributed by atoms with Crippen LogP contribution in [-0.4, -0.2) is 37.7 Å². The molecule has 0 radical (unpaired) electrons. The number of nitrogens with zero attached hydrogens (tertiary/aromatic N) is 3. The number of thiazole rings is 1. The van der Waals surface area contributed by atoms with Gasteiger partial charge in [0.2, 0.25) is 0 Å². The van der Waals surface area contributed by atoms with Crippen LogP contribution in [0, 0.1) is 6.92 Å². The van der Waals surface area contributed by atoms with E-state index in [9.17, 15) is 15.0 Å². The van der Waals surface area contributed by atoms with Gasteiger partial charge in [-0.1, -0.05) is 6.07 Å². The Hall–Kier alpha value is -3.82. The van der Waals surface area contributed by atoms with Gasteiger partial charge in [-0.25, -0.2) is 15.0 Å². The van der Waals surface area contributed by atoms with Crippen molar-refractivity contribution in [3.63, 3.8) is 0 Å². The number of hydrogen-bond acceptors (Lipinski definition) is 8. The molecule has 1 amide bonds. The minimum absolute atomic E-state index is 0.0761. The van der Waals surface area contributed by atoms with E-state index in [0.29, 0.717) is 27.9 Å². The number of aromatic hydroxyl groups is 1. The minimum Gasteiger partial charge on any atom is -0.508 e. The first kappa shape index (κ1) is 21.4. The van der Waals surface area contributed by atoms with E-state index in [1.54, 1.807) is 12.4 Å². The molecule has 0 bridgehead atoms. The molecule has 0 saturated carbocycles. The quantitative estimate of drug-likeness (QED) is 0.340. The number of anilines is 2. The van der Waals surface area contributed by atoms with E-state index in [4.69, 9.17) is 0 Å². The normalized spacial score (nSPS) is 11.7. The molecular formula is C23H21N5O3S. The van der Waals surface area contributed by atoms with Gasteiger partial charge in [-0.05, 0) is 61.0 Å². The minimum atomic E-state index is -0.659. The number of aromatic nitrogens is 3. The van der Waals surface area contributed by atoms with Crippen LogP contribution in [0.3, 0.4) is 0 Å². The van der Waals surface area contributed by atoms with Crippen molar-refractivity contribution >= 4 is 28.9 Å². The van der Waals surface area contributed by atoms with E-state index >= 15 is 0 Å². The Kier molecular flexibility index (Phi) is 6.39. The topological polar surface area (TPSA) is 120 Å².